The van der Waals surface area contributed by atoms with Crippen molar-refractivity contribution in [3.8, 4) is 0 Å². The molecule has 3 N–H and O–H groups in total. The second-order valence-corrected chi connectivity index (χ2v) is 5.39. The lowest BCUT2D eigenvalue weighted by atomic mass is 9.84. The van der Waals surface area contributed by atoms with Crippen LogP contribution in [-0.2, 0) is 0 Å². The number of nitrogens with one attached hydrogen (secondary N) is 1. The minimum atomic E-state index is -4.58. The minimum Gasteiger partial charge on any atom is -0.465 e. The van der Waals surface area contributed by atoms with Crippen LogP contribution in [0.1, 0.15) is 25.7 Å². The summed E-state index contributed by atoms with van der Waals surface area (Å²) in [5, 5.41) is 20.3. The third kappa shape index (κ3) is 2.94. The van der Waals surface area contributed by atoms with Crippen molar-refractivity contribution in [1.82, 2.24) is 10.2 Å². The summed E-state index contributed by atoms with van der Waals surface area (Å²) in [4.78, 5) is 12.1. The Bertz CT molecular complexity index is 348. The molecule has 0 radical (unpaired) electrons. The highest BCUT2D eigenvalue weighted by atomic mass is 19.4. The molecule has 0 aromatic rings. The van der Waals surface area contributed by atoms with Crippen LogP contribution < -0.4 is 5.32 Å². The molecule has 0 aromatic heterocycles. The van der Waals surface area contributed by atoms with Crippen LogP contribution in [0.3, 0.4) is 0 Å². The van der Waals surface area contributed by atoms with Gasteiger partial charge >= 0.3 is 12.3 Å². The second-order valence-electron chi connectivity index (χ2n) is 5.39. The molecule has 1 amide bonds. The first-order valence-electron chi connectivity index (χ1n) is 6.24. The molecular weight excluding hydrogens is 265 g/mol. The van der Waals surface area contributed by atoms with Gasteiger partial charge in [0.2, 0.25) is 0 Å². The maximum atomic E-state index is 12.5. The van der Waals surface area contributed by atoms with Gasteiger partial charge in [-0.25, -0.2) is 4.79 Å². The number of carboxylic acid groups (broad SMARTS) is 1. The van der Waals surface area contributed by atoms with Gasteiger partial charge in [0.05, 0.1) is 0 Å². The van der Waals surface area contributed by atoms with Crippen molar-refractivity contribution in [3.63, 3.8) is 0 Å². The monoisotopic (exact) mass is 282 g/mol. The van der Waals surface area contributed by atoms with Gasteiger partial charge in [-0.3, -0.25) is 4.90 Å². The number of likely N-dealkylation sites (tertiary alicyclic amines) is 1. The highest BCUT2D eigenvalue weighted by molar-refractivity contribution is 5.64. The van der Waals surface area contributed by atoms with E-state index >= 15 is 0 Å². The summed E-state index contributed by atoms with van der Waals surface area (Å²) in [7, 11) is 0. The molecule has 0 bridgehead atoms. The van der Waals surface area contributed by atoms with E-state index in [1.54, 1.807) is 4.90 Å². The molecule has 8 heteroatoms. The van der Waals surface area contributed by atoms with Crippen molar-refractivity contribution in [3.05, 3.63) is 0 Å². The van der Waals surface area contributed by atoms with E-state index in [1.807, 2.05) is 0 Å². The van der Waals surface area contributed by atoms with Gasteiger partial charge in [-0.15, -0.1) is 0 Å². The van der Waals surface area contributed by atoms with Crippen molar-refractivity contribution in [2.45, 2.75) is 49.5 Å². The van der Waals surface area contributed by atoms with E-state index in [9.17, 15) is 23.1 Å². The second kappa shape index (κ2) is 4.82. The highest BCUT2D eigenvalue weighted by Crippen LogP contribution is 2.40. The van der Waals surface area contributed by atoms with Crippen molar-refractivity contribution >= 4 is 6.09 Å². The number of carbonyl (C=O) groups is 1. The largest absolute Gasteiger partial charge is 0.465 e. The number of β-amino-alcohol motifs (C(OH)–C–C–N with tert-alkyl or cyclic N) is 1. The Morgan fingerprint density at radius 3 is 2.16 bits per heavy atom. The number of nitrogens with zero attached hydrogens (tertiary/aromatic N) is 1. The van der Waals surface area contributed by atoms with Crippen LogP contribution in [-0.4, -0.2) is 58.2 Å². The number of hydrogen-bond donors (Lipinski definition) is 3. The number of amides is 1. The van der Waals surface area contributed by atoms with E-state index in [-0.39, 0.29) is 25.2 Å². The lowest BCUT2D eigenvalue weighted by molar-refractivity contribution is -0.306. The quantitative estimate of drug-likeness (QED) is 0.711. The lowest BCUT2D eigenvalue weighted by Gasteiger charge is -2.51. The predicted molar refractivity (Wildman–Crippen MR) is 59.8 cm³/mol. The molecule has 2 fully saturated rings. The zero-order chi connectivity index (χ0) is 14.3. The Kier molecular flexibility index (Phi) is 3.65. The fraction of sp³-hybridized carbons (Fsp3) is 0.909. The summed E-state index contributed by atoms with van der Waals surface area (Å²) < 4.78 is 37.4. The molecule has 0 spiro atoms. The lowest BCUT2D eigenvalue weighted by Crippen LogP contribution is -2.71. The van der Waals surface area contributed by atoms with Gasteiger partial charge in [0, 0.05) is 25.2 Å². The van der Waals surface area contributed by atoms with E-state index in [0.717, 1.165) is 0 Å². The van der Waals surface area contributed by atoms with Gasteiger partial charge in [0.1, 0.15) is 0 Å². The van der Waals surface area contributed by atoms with Crippen LogP contribution in [0, 0.1) is 0 Å². The zero-order valence-electron chi connectivity index (χ0n) is 10.3. The van der Waals surface area contributed by atoms with Crippen molar-refractivity contribution in [2.24, 2.45) is 0 Å². The molecule has 1 aliphatic heterocycles. The molecule has 0 atom stereocenters. The molecule has 19 heavy (non-hydrogen) atoms. The van der Waals surface area contributed by atoms with Crippen LogP contribution in [0.5, 0.6) is 0 Å². The molecular formula is C11H17F3N2O3. The number of halogens is 3. The number of aliphatic hydroxyl groups is 1. The number of alkyl halides is 3. The normalized spacial score (nSPS) is 31.6. The summed E-state index contributed by atoms with van der Waals surface area (Å²) in [6, 6.07) is -0.106. The van der Waals surface area contributed by atoms with E-state index < -0.39 is 17.9 Å². The van der Waals surface area contributed by atoms with Gasteiger partial charge in [-0.2, -0.15) is 13.2 Å². The maximum Gasteiger partial charge on any atom is 0.419 e. The van der Waals surface area contributed by atoms with E-state index in [4.69, 9.17) is 5.11 Å². The summed E-state index contributed by atoms with van der Waals surface area (Å²) >= 11 is 0. The van der Waals surface area contributed by atoms with Gasteiger partial charge in [0.25, 0.3) is 0 Å². The van der Waals surface area contributed by atoms with Gasteiger partial charge < -0.3 is 15.5 Å². The summed E-state index contributed by atoms with van der Waals surface area (Å²) in [6.07, 6.45) is -3.10. The molecule has 1 aliphatic carbocycles. The predicted octanol–water partition coefficient (Wildman–Crippen LogP) is 1.17. The molecule has 110 valence electrons. The first-order chi connectivity index (χ1) is 8.71. The summed E-state index contributed by atoms with van der Waals surface area (Å²) in [5.74, 6) is 0. The summed E-state index contributed by atoms with van der Waals surface area (Å²) in [6.45, 7) is -0.754. The zero-order valence-corrected chi connectivity index (χ0v) is 10.3. The molecule has 5 nitrogen and oxygen atoms in total. The topological polar surface area (TPSA) is 72.8 Å². The Labute approximate surface area is 108 Å². The Morgan fingerprint density at radius 1 is 1.21 bits per heavy atom. The fourth-order valence-corrected chi connectivity index (χ4v) is 2.82. The molecule has 1 saturated carbocycles. The standard InChI is InChI=1S/C11H17F3N2O3/c12-11(13,14)10(19)5-16(6-10)8-3-1-7(2-4-8)15-9(17)18/h7-8,15,19H,1-6H2,(H,17,18)/t7-,8+. The maximum absolute atomic E-state index is 12.5. The molecule has 1 saturated heterocycles. The average Bonchev–Trinajstić information content (AvgIpc) is 2.23. The van der Waals surface area contributed by atoms with Crippen LogP contribution in [0.2, 0.25) is 0 Å². The minimum absolute atomic E-state index is 0.00877. The third-order valence-corrected chi connectivity index (χ3v) is 4.00. The van der Waals surface area contributed by atoms with Crippen molar-refractivity contribution < 1.29 is 28.2 Å². The van der Waals surface area contributed by atoms with Gasteiger partial charge in [0.15, 0.2) is 5.60 Å². The average molecular weight is 282 g/mol. The van der Waals surface area contributed by atoms with Crippen molar-refractivity contribution in [2.75, 3.05) is 13.1 Å². The smallest absolute Gasteiger partial charge is 0.419 e. The molecule has 2 rings (SSSR count). The molecule has 1 heterocycles. The van der Waals surface area contributed by atoms with Crippen LogP contribution in [0.15, 0.2) is 0 Å². The third-order valence-electron chi connectivity index (χ3n) is 4.00. The van der Waals surface area contributed by atoms with Crippen molar-refractivity contribution in [1.29, 1.82) is 0 Å². The fourth-order valence-electron chi connectivity index (χ4n) is 2.82. The van der Waals surface area contributed by atoms with E-state index in [1.165, 1.54) is 0 Å². The van der Waals surface area contributed by atoms with Gasteiger partial charge in [-0.05, 0) is 25.7 Å². The van der Waals surface area contributed by atoms with Gasteiger partial charge in [-0.1, -0.05) is 0 Å². The Balaban J connectivity index is 1.77. The van der Waals surface area contributed by atoms with Crippen LogP contribution in [0.4, 0.5) is 18.0 Å². The first-order valence-corrected chi connectivity index (χ1v) is 6.24. The number of hydrogen-bond acceptors (Lipinski definition) is 3. The Hall–Kier alpha value is -1.02. The van der Waals surface area contributed by atoms with E-state index in [2.05, 4.69) is 5.32 Å². The highest BCUT2D eigenvalue weighted by Gasteiger charge is 2.61. The first kappa shape index (κ1) is 14.4. The summed E-state index contributed by atoms with van der Waals surface area (Å²) in [5.41, 5.74) is -2.57. The van der Waals surface area contributed by atoms with Crippen LogP contribution in [0.25, 0.3) is 0 Å². The molecule has 0 unspecified atom stereocenters. The molecule has 0 aromatic carbocycles. The van der Waals surface area contributed by atoms with Crippen LogP contribution >= 0.6 is 0 Å². The van der Waals surface area contributed by atoms with E-state index in [0.29, 0.717) is 25.7 Å². The Morgan fingerprint density at radius 2 is 1.74 bits per heavy atom. The SMILES string of the molecule is O=C(O)N[C@H]1CC[C@@H](N2CC(O)(C(F)(F)F)C2)CC1. The molecule has 2 aliphatic rings. The number of rotatable bonds is 2.